The van der Waals surface area contributed by atoms with E-state index in [2.05, 4.69) is 4.98 Å². The molecular weight excluding hydrogens is 371 g/mol. The molecule has 0 N–H and O–H groups in total. The monoisotopic (exact) mass is 392 g/mol. The molecule has 0 atom stereocenters. The molecule has 0 radical (unpaired) electrons. The van der Waals surface area contributed by atoms with Crippen molar-refractivity contribution in [3.05, 3.63) is 77.2 Å². The van der Waals surface area contributed by atoms with Crippen LogP contribution < -0.4 is 0 Å². The van der Waals surface area contributed by atoms with Gasteiger partial charge in [0.2, 0.25) is 0 Å². The average molecular weight is 392 g/mol. The number of fused-ring (bicyclic) bond motifs is 1. The number of amides is 1. The van der Waals surface area contributed by atoms with Crippen LogP contribution in [0.4, 0.5) is 4.39 Å². The third-order valence-electron chi connectivity index (χ3n) is 5.07. The molecule has 0 unspecified atom stereocenters. The van der Waals surface area contributed by atoms with E-state index in [9.17, 15) is 14.0 Å². The largest absolute Gasteiger partial charge is 0.452 e. The minimum Gasteiger partial charge on any atom is -0.452 e. The highest BCUT2D eigenvalue weighted by Gasteiger charge is 2.27. The maximum absolute atomic E-state index is 13.8. The van der Waals surface area contributed by atoms with E-state index in [4.69, 9.17) is 4.74 Å². The number of carbonyl (C=O) groups excluding carboxylic acids is 2. The fourth-order valence-corrected chi connectivity index (χ4v) is 3.24. The zero-order valence-electron chi connectivity index (χ0n) is 16.1. The number of benzene rings is 2. The van der Waals surface area contributed by atoms with Gasteiger partial charge in [0.05, 0.1) is 11.1 Å². The first-order valence-electron chi connectivity index (χ1n) is 9.57. The number of rotatable bonds is 6. The van der Waals surface area contributed by atoms with Crippen molar-refractivity contribution in [2.45, 2.75) is 25.3 Å². The molecule has 0 aliphatic heterocycles. The first kappa shape index (κ1) is 19.1. The number of halogens is 1. The van der Waals surface area contributed by atoms with Crippen LogP contribution in [0.1, 0.15) is 40.4 Å². The van der Waals surface area contributed by atoms with Gasteiger partial charge in [-0.05, 0) is 31.0 Å². The van der Waals surface area contributed by atoms with Gasteiger partial charge in [0, 0.05) is 36.2 Å². The Labute approximate surface area is 168 Å². The Hall–Kier alpha value is -3.28. The molecular formula is C23H21FN2O3. The van der Waals surface area contributed by atoms with E-state index in [1.165, 1.54) is 11.0 Å². The highest BCUT2D eigenvalue weighted by molar-refractivity contribution is 6.04. The Morgan fingerprint density at radius 1 is 1.14 bits per heavy atom. The molecule has 1 aliphatic carbocycles. The number of likely N-dealkylation sites (N-methyl/N-ethyl adjacent to an activating group) is 1. The summed E-state index contributed by atoms with van der Waals surface area (Å²) in [5.74, 6) is -0.944. The Morgan fingerprint density at radius 3 is 2.62 bits per heavy atom. The number of esters is 1. The molecule has 0 bridgehead atoms. The van der Waals surface area contributed by atoms with Crippen LogP contribution in [-0.2, 0) is 16.1 Å². The lowest BCUT2D eigenvalue weighted by molar-refractivity contribution is -0.133. The first-order chi connectivity index (χ1) is 14.0. The van der Waals surface area contributed by atoms with Crippen molar-refractivity contribution in [3.63, 3.8) is 0 Å². The summed E-state index contributed by atoms with van der Waals surface area (Å²) < 4.78 is 19.1. The summed E-state index contributed by atoms with van der Waals surface area (Å²) in [6.45, 7) is -0.299. The lowest BCUT2D eigenvalue weighted by Crippen LogP contribution is -2.31. The number of nitrogens with zero attached hydrogens (tertiary/aromatic N) is 2. The first-order valence-corrected chi connectivity index (χ1v) is 9.57. The van der Waals surface area contributed by atoms with E-state index in [-0.39, 0.29) is 12.4 Å². The third-order valence-corrected chi connectivity index (χ3v) is 5.07. The van der Waals surface area contributed by atoms with E-state index in [1.807, 2.05) is 24.3 Å². The molecule has 3 aromatic rings. The van der Waals surface area contributed by atoms with Gasteiger partial charge in [-0.15, -0.1) is 0 Å². The highest BCUT2D eigenvalue weighted by atomic mass is 19.1. The lowest BCUT2D eigenvalue weighted by atomic mass is 10.1. The number of carbonyl (C=O) groups is 2. The van der Waals surface area contributed by atoms with Crippen LogP contribution in [0.5, 0.6) is 0 Å². The van der Waals surface area contributed by atoms with Crippen molar-refractivity contribution in [2.24, 2.45) is 0 Å². The normalized spacial score (nSPS) is 13.3. The van der Waals surface area contributed by atoms with Gasteiger partial charge < -0.3 is 9.64 Å². The molecule has 2 aromatic carbocycles. The number of hydrogen-bond acceptors (Lipinski definition) is 4. The standard InChI is InChI=1S/C23H21FN2O3/c1-26(13-16-6-2-4-8-19(16)24)22(27)14-29-23(28)18-12-21(15-10-11-15)25-20-9-5-3-7-17(18)20/h2-9,12,15H,10-11,13-14H2,1H3. The minimum atomic E-state index is -0.557. The zero-order chi connectivity index (χ0) is 20.4. The average Bonchev–Trinajstić information content (AvgIpc) is 3.58. The number of aromatic nitrogens is 1. The Kier molecular flexibility index (Phi) is 5.25. The quantitative estimate of drug-likeness (QED) is 0.594. The van der Waals surface area contributed by atoms with Crippen LogP contribution in [0.3, 0.4) is 0 Å². The molecule has 1 aliphatic rings. The minimum absolute atomic E-state index is 0.104. The number of ether oxygens (including phenoxy) is 1. The molecule has 0 saturated heterocycles. The van der Waals surface area contributed by atoms with Gasteiger partial charge in [-0.1, -0.05) is 36.4 Å². The van der Waals surface area contributed by atoms with Crippen LogP contribution in [0.2, 0.25) is 0 Å². The molecule has 29 heavy (non-hydrogen) atoms. The summed E-state index contributed by atoms with van der Waals surface area (Å²) in [5.41, 5.74) is 2.46. The molecule has 1 aromatic heterocycles. The van der Waals surface area contributed by atoms with Crippen LogP contribution in [-0.4, -0.2) is 35.4 Å². The summed E-state index contributed by atoms with van der Waals surface area (Å²) in [4.78, 5) is 31.0. The number of pyridine rings is 1. The van der Waals surface area contributed by atoms with E-state index in [0.717, 1.165) is 24.1 Å². The van der Waals surface area contributed by atoms with Crippen molar-refractivity contribution < 1.29 is 18.7 Å². The molecule has 148 valence electrons. The van der Waals surface area contributed by atoms with Gasteiger partial charge in [0.15, 0.2) is 6.61 Å². The van der Waals surface area contributed by atoms with E-state index >= 15 is 0 Å². The van der Waals surface area contributed by atoms with Crippen LogP contribution in [0.25, 0.3) is 10.9 Å². The fraction of sp³-hybridized carbons (Fsp3) is 0.261. The van der Waals surface area contributed by atoms with Gasteiger partial charge in [-0.2, -0.15) is 0 Å². The summed E-state index contributed by atoms with van der Waals surface area (Å²) >= 11 is 0. The molecule has 0 spiro atoms. The van der Waals surface area contributed by atoms with Crippen molar-refractivity contribution >= 4 is 22.8 Å². The van der Waals surface area contributed by atoms with Crippen LogP contribution >= 0.6 is 0 Å². The fourth-order valence-electron chi connectivity index (χ4n) is 3.24. The van der Waals surface area contributed by atoms with E-state index < -0.39 is 18.5 Å². The molecule has 4 rings (SSSR count). The summed E-state index contributed by atoms with van der Waals surface area (Å²) in [6, 6.07) is 15.4. The zero-order valence-corrected chi connectivity index (χ0v) is 16.1. The Bertz CT molecular complexity index is 1080. The predicted molar refractivity (Wildman–Crippen MR) is 107 cm³/mol. The SMILES string of the molecule is CN(Cc1ccccc1F)C(=O)COC(=O)c1cc(C2CC2)nc2ccccc12. The molecule has 1 heterocycles. The maximum Gasteiger partial charge on any atom is 0.339 e. The lowest BCUT2D eigenvalue weighted by Gasteiger charge is -2.18. The van der Waals surface area contributed by atoms with Crippen molar-refractivity contribution in [2.75, 3.05) is 13.7 Å². The molecule has 1 saturated carbocycles. The second-order valence-electron chi connectivity index (χ2n) is 7.30. The summed E-state index contributed by atoms with van der Waals surface area (Å²) in [7, 11) is 1.55. The molecule has 6 heteroatoms. The summed E-state index contributed by atoms with van der Waals surface area (Å²) in [5, 5.41) is 0.703. The van der Waals surface area contributed by atoms with Gasteiger partial charge in [-0.25, -0.2) is 9.18 Å². The number of para-hydroxylation sites is 1. The third kappa shape index (κ3) is 4.26. The molecule has 5 nitrogen and oxygen atoms in total. The summed E-state index contributed by atoms with van der Waals surface area (Å²) in [6.07, 6.45) is 2.14. The highest BCUT2D eigenvalue weighted by Crippen LogP contribution is 2.40. The van der Waals surface area contributed by atoms with Gasteiger partial charge >= 0.3 is 5.97 Å². The Morgan fingerprint density at radius 2 is 1.86 bits per heavy atom. The van der Waals surface area contributed by atoms with E-state index in [1.54, 1.807) is 31.3 Å². The van der Waals surface area contributed by atoms with Gasteiger partial charge in [-0.3, -0.25) is 9.78 Å². The molecule has 1 amide bonds. The van der Waals surface area contributed by atoms with Gasteiger partial charge in [0.1, 0.15) is 5.82 Å². The molecule has 1 fully saturated rings. The number of hydrogen-bond donors (Lipinski definition) is 0. The van der Waals surface area contributed by atoms with E-state index in [0.29, 0.717) is 22.4 Å². The van der Waals surface area contributed by atoms with Crippen LogP contribution in [0, 0.1) is 5.82 Å². The Balaban J connectivity index is 1.45. The second kappa shape index (κ2) is 7.99. The smallest absolute Gasteiger partial charge is 0.339 e. The predicted octanol–water partition coefficient (Wildman–Crippen LogP) is 4.07. The maximum atomic E-state index is 13.8. The van der Waals surface area contributed by atoms with Crippen LogP contribution in [0.15, 0.2) is 54.6 Å². The van der Waals surface area contributed by atoms with Crippen molar-refractivity contribution in [1.82, 2.24) is 9.88 Å². The topological polar surface area (TPSA) is 59.5 Å². The van der Waals surface area contributed by atoms with Gasteiger partial charge in [0.25, 0.3) is 5.91 Å². The van der Waals surface area contributed by atoms with Crippen molar-refractivity contribution in [1.29, 1.82) is 0 Å². The second-order valence-corrected chi connectivity index (χ2v) is 7.30. The van der Waals surface area contributed by atoms with Crippen molar-refractivity contribution in [3.8, 4) is 0 Å².